The Bertz CT molecular complexity index is 326. The zero-order valence-electron chi connectivity index (χ0n) is 9.32. The van der Waals surface area contributed by atoms with E-state index in [1.165, 1.54) is 9.75 Å². The van der Waals surface area contributed by atoms with E-state index in [-0.39, 0.29) is 6.10 Å². The van der Waals surface area contributed by atoms with Crippen molar-refractivity contribution in [1.82, 2.24) is 0 Å². The summed E-state index contributed by atoms with van der Waals surface area (Å²) in [6.45, 7) is 5.78. The van der Waals surface area contributed by atoms with Crippen LogP contribution in [0.4, 0.5) is 0 Å². The number of hydrogen-bond acceptors (Lipinski definition) is 3. The zero-order valence-corrected chi connectivity index (χ0v) is 10.1. The molecule has 0 aliphatic carbocycles. The fourth-order valence-corrected chi connectivity index (χ4v) is 3.20. The highest BCUT2D eigenvalue weighted by Gasteiger charge is 2.25. The maximum absolute atomic E-state index is 10.3. The van der Waals surface area contributed by atoms with Gasteiger partial charge in [0.05, 0.1) is 6.10 Å². The van der Waals surface area contributed by atoms with E-state index < -0.39 is 0 Å². The van der Waals surface area contributed by atoms with Crippen LogP contribution in [0, 0.1) is 19.8 Å². The van der Waals surface area contributed by atoms with Crippen molar-refractivity contribution in [2.45, 2.75) is 32.8 Å². The molecule has 1 saturated heterocycles. The molecule has 15 heavy (non-hydrogen) atoms. The van der Waals surface area contributed by atoms with Crippen LogP contribution in [0.5, 0.6) is 0 Å². The van der Waals surface area contributed by atoms with Crippen LogP contribution >= 0.6 is 11.3 Å². The van der Waals surface area contributed by atoms with E-state index in [0.29, 0.717) is 5.92 Å². The SMILES string of the molecule is Cc1cc(C(O)C2CCOCC2)c(C)s1. The average molecular weight is 226 g/mol. The summed E-state index contributed by atoms with van der Waals surface area (Å²) >= 11 is 1.77. The van der Waals surface area contributed by atoms with Gasteiger partial charge in [-0.2, -0.15) is 0 Å². The van der Waals surface area contributed by atoms with Crippen molar-refractivity contribution in [3.05, 3.63) is 21.4 Å². The Hall–Kier alpha value is -0.380. The lowest BCUT2D eigenvalue weighted by Crippen LogP contribution is -2.22. The molecule has 1 aliphatic heterocycles. The number of aliphatic hydroxyl groups excluding tert-OH is 1. The van der Waals surface area contributed by atoms with Crippen molar-refractivity contribution < 1.29 is 9.84 Å². The molecular formula is C12H18O2S. The second-order valence-electron chi connectivity index (χ2n) is 4.26. The lowest BCUT2D eigenvalue weighted by Gasteiger charge is -2.26. The van der Waals surface area contributed by atoms with E-state index in [0.717, 1.165) is 31.6 Å². The molecule has 2 nitrogen and oxygen atoms in total. The summed E-state index contributed by atoms with van der Waals surface area (Å²) in [5.41, 5.74) is 1.13. The van der Waals surface area contributed by atoms with Crippen molar-refractivity contribution in [3.63, 3.8) is 0 Å². The molecule has 1 aliphatic rings. The molecule has 1 unspecified atom stereocenters. The van der Waals surface area contributed by atoms with Crippen LogP contribution in [-0.2, 0) is 4.74 Å². The lowest BCUT2D eigenvalue weighted by atomic mass is 9.89. The first-order valence-electron chi connectivity index (χ1n) is 5.51. The standard InChI is InChI=1S/C12H18O2S/c1-8-7-11(9(2)15-8)12(13)10-3-5-14-6-4-10/h7,10,12-13H,3-6H2,1-2H3. The third-order valence-corrected chi connectivity index (χ3v) is 4.09. The minimum absolute atomic E-state index is 0.293. The maximum Gasteiger partial charge on any atom is 0.0830 e. The maximum atomic E-state index is 10.3. The third-order valence-electron chi connectivity index (χ3n) is 3.11. The van der Waals surface area contributed by atoms with Gasteiger partial charge in [0.2, 0.25) is 0 Å². The van der Waals surface area contributed by atoms with Crippen LogP contribution in [0.25, 0.3) is 0 Å². The van der Waals surface area contributed by atoms with Crippen molar-refractivity contribution in [2.75, 3.05) is 13.2 Å². The summed E-state index contributed by atoms with van der Waals surface area (Å²) < 4.78 is 5.31. The van der Waals surface area contributed by atoms with Crippen molar-refractivity contribution in [2.24, 2.45) is 5.92 Å². The summed E-state index contributed by atoms with van der Waals surface area (Å²) in [5.74, 6) is 0.381. The van der Waals surface area contributed by atoms with Gasteiger partial charge in [-0.05, 0) is 44.2 Å². The lowest BCUT2D eigenvalue weighted by molar-refractivity contribution is 0.00713. The summed E-state index contributed by atoms with van der Waals surface area (Å²) in [7, 11) is 0. The molecule has 84 valence electrons. The minimum Gasteiger partial charge on any atom is -0.388 e. The molecule has 0 amide bonds. The first-order chi connectivity index (χ1) is 7.18. The summed E-state index contributed by atoms with van der Waals surface area (Å²) in [6, 6.07) is 2.13. The van der Waals surface area contributed by atoms with Gasteiger partial charge in [0, 0.05) is 23.0 Å². The highest BCUT2D eigenvalue weighted by atomic mass is 32.1. The quantitative estimate of drug-likeness (QED) is 0.840. The van der Waals surface area contributed by atoms with Gasteiger partial charge < -0.3 is 9.84 Å². The molecule has 0 saturated carbocycles. The molecule has 0 spiro atoms. The Balaban J connectivity index is 2.12. The van der Waals surface area contributed by atoms with Crippen molar-refractivity contribution >= 4 is 11.3 Å². The molecule has 2 rings (SSSR count). The van der Waals surface area contributed by atoms with Gasteiger partial charge in [-0.15, -0.1) is 11.3 Å². The fraction of sp³-hybridized carbons (Fsp3) is 0.667. The molecule has 1 atom stereocenters. The highest BCUT2D eigenvalue weighted by molar-refractivity contribution is 7.12. The second kappa shape index (κ2) is 4.64. The summed E-state index contributed by atoms with van der Waals surface area (Å²) in [5, 5.41) is 10.3. The van der Waals surface area contributed by atoms with E-state index in [2.05, 4.69) is 19.9 Å². The average Bonchev–Trinajstić information content (AvgIpc) is 2.58. The highest BCUT2D eigenvalue weighted by Crippen LogP contribution is 2.34. The Kier molecular flexibility index (Phi) is 3.44. The molecule has 0 bridgehead atoms. The molecule has 2 heterocycles. The van der Waals surface area contributed by atoms with E-state index in [1.807, 2.05) is 0 Å². The number of ether oxygens (including phenoxy) is 1. The Morgan fingerprint density at radius 2 is 2.07 bits per heavy atom. The first kappa shape index (κ1) is 11.1. The van der Waals surface area contributed by atoms with Crippen LogP contribution < -0.4 is 0 Å². The van der Waals surface area contributed by atoms with E-state index in [4.69, 9.17) is 4.74 Å². The number of hydrogen-bond donors (Lipinski definition) is 1. The molecule has 3 heteroatoms. The fourth-order valence-electron chi connectivity index (χ4n) is 2.23. The third kappa shape index (κ3) is 2.41. The Morgan fingerprint density at radius 3 is 2.60 bits per heavy atom. The van der Waals surface area contributed by atoms with Gasteiger partial charge >= 0.3 is 0 Å². The van der Waals surface area contributed by atoms with Crippen LogP contribution in [0.15, 0.2) is 6.07 Å². The number of aliphatic hydroxyl groups is 1. The van der Waals surface area contributed by atoms with Crippen molar-refractivity contribution in [3.8, 4) is 0 Å². The van der Waals surface area contributed by atoms with E-state index >= 15 is 0 Å². The molecular weight excluding hydrogens is 208 g/mol. The number of thiophene rings is 1. The van der Waals surface area contributed by atoms with E-state index in [1.54, 1.807) is 11.3 Å². The predicted molar refractivity (Wildman–Crippen MR) is 62.3 cm³/mol. The van der Waals surface area contributed by atoms with Gasteiger partial charge in [0.25, 0.3) is 0 Å². The first-order valence-corrected chi connectivity index (χ1v) is 6.33. The van der Waals surface area contributed by atoms with Crippen LogP contribution in [0.3, 0.4) is 0 Å². The van der Waals surface area contributed by atoms with Crippen LogP contribution in [-0.4, -0.2) is 18.3 Å². The number of aryl methyl sites for hydroxylation is 2. The minimum atomic E-state index is -0.293. The molecule has 0 radical (unpaired) electrons. The topological polar surface area (TPSA) is 29.5 Å². The summed E-state index contributed by atoms with van der Waals surface area (Å²) in [6.07, 6.45) is 1.67. The molecule has 1 aromatic rings. The van der Waals surface area contributed by atoms with Crippen LogP contribution in [0.1, 0.15) is 34.3 Å². The monoisotopic (exact) mass is 226 g/mol. The molecule has 0 aromatic carbocycles. The Labute approximate surface area is 94.9 Å². The summed E-state index contributed by atoms with van der Waals surface area (Å²) in [4.78, 5) is 2.54. The van der Waals surface area contributed by atoms with Crippen molar-refractivity contribution in [1.29, 1.82) is 0 Å². The second-order valence-corrected chi connectivity index (χ2v) is 5.72. The molecule has 1 fully saturated rings. The zero-order chi connectivity index (χ0) is 10.8. The Morgan fingerprint density at radius 1 is 1.40 bits per heavy atom. The van der Waals surface area contributed by atoms with Gasteiger partial charge in [0.1, 0.15) is 0 Å². The normalized spacial score (nSPS) is 20.5. The van der Waals surface area contributed by atoms with E-state index in [9.17, 15) is 5.11 Å². The van der Waals surface area contributed by atoms with Crippen LogP contribution in [0.2, 0.25) is 0 Å². The molecule has 1 N–H and O–H groups in total. The molecule has 1 aromatic heterocycles. The predicted octanol–water partition coefficient (Wildman–Crippen LogP) is 2.82. The van der Waals surface area contributed by atoms with Gasteiger partial charge in [-0.1, -0.05) is 0 Å². The van der Waals surface area contributed by atoms with Gasteiger partial charge in [-0.25, -0.2) is 0 Å². The largest absolute Gasteiger partial charge is 0.388 e. The smallest absolute Gasteiger partial charge is 0.0830 e. The van der Waals surface area contributed by atoms with Gasteiger partial charge in [0.15, 0.2) is 0 Å². The van der Waals surface area contributed by atoms with Gasteiger partial charge in [-0.3, -0.25) is 0 Å². The number of rotatable bonds is 2.